The molecule has 6 heteroatoms. The Balaban J connectivity index is 1.57. The summed E-state index contributed by atoms with van der Waals surface area (Å²) in [6.45, 7) is 1.74. The number of aromatic nitrogens is 3. The number of nitrogens with one attached hydrogen (secondary N) is 1. The van der Waals surface area contributed by atoms with Crippen LogP contribution in [0.4, 0.5) is 0 Å². The summed E-state index contributed by atoms with van der Waals surface area (Å²) in [5, 5.41) is 14.5. The van der Waals surface area contributed by atoms with E-state index in [0.29, 0.717) is 16.7 Å². The van der Waals surface area contributed by atoms with Crippen LogP contribution in [0.15, 0.2) is 48.8 Å². The molecular weight excluding hydrogens is 362 g/mol. The lowest BCUT2D eigenvalue weighted by Crippen LogP contribution is -2.18. The Labute approximate surface area is 168 Å². The Bertz CT molecular complexity index is 1320. The van der Waals surface area contributed by atoms with E-state index in [1.165, 1.54) is 0 Å². The number of hydrogen-bond donors (Lipinski definition) is 1. The molecule has 1 aliphatic rings. The van der Waals surface area contributed by atoms with Crippen LogP contribution in [0.3, 0.4) is 0 Å². The summed E-state index contributed by atoms with van der Waals surface area (Å²) in [6, 6.07) is 13.5. The number of ketones is 1. The van der Waals surface area contributed by atoms with Gasteiger partial charge in [0.15, 0.2) is 5.78 Å². The molecule has 2 heterocycles. The van der Waals surface area contributed by atoms with Crippen molar-refractivity contribution in [1.82, 2.24) is 19.7 Å². The van der Waals surface area contributed by atoms with Gasteiger partial charge in [0, 0.05) is 40.3 Å². The third kappa shape index (κ3) is 2.75. The average molecular weight is 381 g/mol. The van der Waals surface area contributed by atoms with E-state index in [-0.39, 0.29) is 5.78 Å². The zero-order valence-electron chi connectivity index (χ0n) is 16.2. The maximum absolute atomic E-state index is 13.0. The topological polar surface area (TPSA) is 77.7 Å². The van der Waals surface area contributed by atoms with E-state index in [2.05, 4.69) is 21.1 Å². The molecule has 2 aromatic heterocycles. The number of benzene rings is 2. The number of rotatable bonds is 4. The smallest absolute Gasteiger partial charge is 0.196 e. The monoisotopic (exact) mass is 381 g/mol. The molecule has 2 aromatic carbocycles. The van der Waals surface area contributed by atoms with E-state index in [9.17, 15) is 4.79 Å². The average Bonchev–Trinajstić information content (AvgIpc) is 3.41. The maximum Gasteiger partial charge on any atom is 0.196 e. The van der Waals surface area contributed by atoms with Gasteiger partial charge in [-0.25, -0.2) is 0 Å². The minimum atomic E-state index is 0.0270. The fraction of sp³-hybridized carbons (Fsp3) is 0.174. The summed E-state index contributed by atoms with van der Waals surface area (Å²) in [4.78, 5) is 18.5. The number of fused-ring (bicyclic) bond motifs is 5. The van der Waals surface area contributed by atoms with Gasteiger partial charge in [0.1, 0.15) is 0 Å². The first-order valence-corrected chi connectivity index (χ1v) is 9.47. The first kappa shape index (κ1) is 17.4. The van der Waals surface area contributed by atoms with Gasteiger partial charge in [-0.15, -0.1) is 0 Å². The minimum absolute atomic E-state index is 0.0270. The van der Waals surface area contributed by atoms with Gasteiger partial charge in [0.05, 0.1) is 35.6 Å². The number of hydrogen-bond acceptors (Lipinski definition) is 4. The number of H-pyrrole nitrogens is 1. The summed E-state index contributed by atoms with van der Waals surface area (Å²) in [7, 11) is 4.08. The van der Waals surface area contributed by atoms with Crippen molar-refractivity contribution in [3.63, 3.8) is 0 Å². The lowest BCUT2D eigenvalue weighted by atomic mass is 10.0. The Morgan fingerprint density at radius 2 is 2.00 bits per heavy atom. The molecule has 1 aliphatic carbocycles. The summed E-state index contributed by atoms with van der Waals surface area (Å²) >= 11 is 0. The number of likely N-dealkylation sites (N-methyl/N-ethyl adjacent to an activating group) is 1. The SMILES string of the molecule is CN(C)CCn1cc(-c2ccc3c(c2)-c2[nH]c4cc(C#N)ccc4c2C3=O)cn1. The molecule has 0 aliphatic heterocycles. The van der Waals surface area contributed by atoms with E-state index in [4.69, 9.17) is 5.26 Å². The molecule has 0 bridgehead atoms. The summed E-state index contributed by atoms with van der Waals surface area (Å²) in [6.07, 6.45) is 3.90. The molecule has 0 saturated carbocycles. The minimum Gasteiger partial charge on any atom is -0.354 e. The van der Waals surface area contributed by atoms with Crippen molar-refractivity contribution in [2.75, 3.05) is 20.6 Å². The van der Waals surface area contributed by atoms with Gasteiger partial charge in [0.25, 0.3) is 0 Å². The van der Waals surface area contributed by atoms with Crippen molar-refractivity contribution in [3.8, 4) is 28.5 Å². The molecule has 0 amide bonds. The fourth-order valence-electron chi connectivity index (χ4n) is 3.91. The number of aromatic amines is 1. The third-order valence-corrected chi connectivity index (χ3v) is 5.43. The largest absolute Gasteiger partial charge is 0.354 e. The molecule has 4 aromatic rings. The highest BCUT2D eigenvalue weighted by Crippen LogP contribution is 2.42. The Hall–Kier alpha value is -3.69. The molecule has 0 fully saturated rings. The van der Waals surface area contributed by atoms with Crippen LogP contribution in [0.2, 0.25) is 0 Å². The number of nitriles is 1. The number of carbonyl (C=O) groups excluding carboxylic acids is 1. The van der Waals surface area contributed by atoms with E-state index < -0.39 is 0 Å². The Morgan fingerprint density at radius 3 is 2.79 bits per heavy atom. The predicted octanol–water partition coefficient (Wildman–Crippen LogP) is 3.68. The Morgan fingerprint density at radius 1 is 1.14 bits per heavy atom. The second-order valence-electron chi connectivity index (χ2n) is 7.63. The third-order valence-electron chi connectivity index (χ3n) is 5.43. The molecule has 0 atom stereocenters. The maximum atomic E-state index is 13.0. The van der Waals surface area contributed by atoms with Crippen molar-refractivity contribution in [2.45, 2.75) is 6.54 Å². The highest BCUT2D eigenvalue weighted by Gasteiger charge is 2.31. The van der Waals surface area contributed by atoms with Crippen LogP contribution < -0.4 is 0 Å². The lowest BCUT2D eigenvalue weighted by Gasteiger charge is -2.08. The van der Waals surface area contributed by atoms with Crippen LogP contribution in [0, 0.1) is 11.3 Å². The van der Waals surface area contributed by atoms with Gasteiger partial charge in [-0.1, -0.05) is 12.1 Å². The zero-order chi connectivity index (χ0) is 20.1. The second kappa shape index (κ2) is 6.43. The van der Waals surface area contributed by atoms with Gasteiger partial charge in [0.2, 0.25) is 0 Å². The molecule has 29 heavy (non-hydrogen) atoms. The normalized spacial score (nSPS) is 12.4. The first-order valence-electron chi connectivity index (χ1n) is 9.47. The molecule has 0 unspecified atom stereocenters. The summed E-state index contributed by atoms with van der Waals surface area (Å²) < 4.78 is 1.94. The molecule has 6 nitrogen and oxygen atoms in total. The van der Waals surface area contributed by atoms with Crippen LogP contribution in [0.5, 0.6) is 0 Å². The van der Waals surface area contributed by atoms with Gasteiger partial charge in [-0.2, -0.15) is 10.4 Å². The molecule has 1 N–H and O–H groups in total. The van der Waals surface area contributed by atoms with Crippen LogP contribution in [0.1, 0.15) is 21.5 Å². The van der Waals surface area contributed by atoms with Gasteiger partial charge in [-0.05, 0) is 43.9 Å². The highest BCUT2D eigenvalue weighted by atomic mass is 16.1. The zero-order valence-corrected chi connectivity index (χ0v) is 16.2. The molecule has 0 spiro atoms. The predicted molar refractivity (Wildman–Crippen MR) is 112 cm³/mol. The first-order chi connectivity index (χ1) is 14.0. The lowest BCUT2D eigenvalue weighted by molar-refractivity contribution is 0.104. The van der Waals surface area contributed by atoms with E-state index in [0.717, 1.165) is 46.4 Å². The molecule has 0 radical (unpaired) electrons. The number of nitrogens with zero attached hydrogens (tertiary/aromatic N) is 4. The van der Waals surface area contributed by atoms with Gasteiger partial charge < -0.3 is 9.88 Å². The van der Waals surface area contributed by atoms with Crippen LogP contribution in [-0.4, -0.2) is 46.1 Å². The summed E-state index contributed by atoms with van der Waals surface area (Å²) in [5.74, 6) is 0.0270. The molecule has 5 rings (SSSR count). The van der Waals surface area contributed by atoms with Crippen molar-refractivity contribution >= 4 is 16.7 Å². The van der Waals surface area contributed by atoms with Gasteiger partial charge >= 0.3 is 0 Å². The van der Waals surface area contributed by atoms with E-state index in [1.807, 2.05) is 55.4 Å². The summed E-state index contributed by atoms with van der Waals surface area (Å²) in [5.41, 5.74) is 6.57. The standard InChI is InChI=1S/C23H19N5O/c1-27(2)7-8-28-13-16(12-25-28)15-4-6-17-19(10-15)22-21(23(17)29)18-5-3-14(11-24)9-20(18)26-22/h3-6,9-10,12-13,26H,7-8H2,1-2H3. The van der Waals surface area contributed by atoms with Crippen LogP contribution in [0.25, 0.3) is 33.3 Å². The molecule has 0 saturated heterocycles. The van der Waals surface area contributed by atoms with Crippen molar-refractivity contribution in [3.05, 3.63) is 65.5 Å². The van der Waals surface area contributed by atoms with E-state index >= 15 is 0 Å². The van der Waals surface area contributed by atoms with Crippen molar-refractivity contribution < 1.29 is 4.79 Å². The highest BCUT2D eigenvalue weighted by molar-refractivity contribution is 6.27. The van der Waals surface area contributed by atoms with Gasteiger partial charge in [-0.3, -0.25) is 9.48 Å². The number of carbonyl (C=O) groups is 1. The van der Waals surface area contributed by atoms with Crippen LogP contribution in [-0.2, 0) is 6.54 Å². The fourth-order valence-corrected chi connectivity index (χ4v) is 3.91. The van der Waals surface area contributed by atoms with Crippen molar-refractivity contribution in [2.24, 2.45) is 0 Å². The molecule has 142 valence electrons. The van der Waals surface area contributed by atoms with Crippen LogP contribution >= 0.6 is 0 Å². The van der Waals surface area contributed by atoms with Crippen molar-refractivity contribution in [1.29, 1.82) is 5.26 Å². The second-order valence-corrected chi connectivity index (χ2v) is 7.63. The van der Waals surface area contributed by atoms with E-state index in [1.54, 1.807) is 12.1 Å². The Kier molecular flexibility index (Phi) is 3.86. The molecular formula is C23H19N5O. The quantitative estimate of drug-likeness (QED) is 0.515.